The van der Waals surface area contributed by atoms with Crippen LogP contribution < -0.4 is 0 Å². The van der Waals surface area contributed by atoms with Crippen LogP contribution in [0.1, 0.15) is 11.1 Å². The molecule has 2 rings (SSSR count). The molecule has 0 unspecified atom stereocenters. The van der Waals surface area contributed by atoms with Gasteiger partial charge in [-0.15, -0.1) is 0 Å². The van der Waals surface area contributed by atoms with Crippen molar-refractivity contribution >= 4 is 0 Å². The lowest BCUT2D eigenvalue weighted by molar-refractivity contribution is 0.115. The molecule has 1 aliphatic heterocycles. The van der Waals surface area contributed by atoms with Gasteiger partial charge in [-0.3, -0.25) is 4.90 Å². The Bertz CT molecular complexity index is 373. The molecule has 1 fully saturated rings. The molecule has 0 saturated carbocycles. The lowest BCUT2D eigenvalue weighted by Gasteiger charge is -2.16. The average Bonchev–Trinajstić information content (AvgIpc) is 2.54. The fraction of sp³-hybridized carbons (Fsp3) is 0.417. The van der Waals surface area contributed by atoms with Crippen LogP contribution in [0.3, 0.4) is 0 Å². The summed E-state index contributed by atoms with van der Waals surface area (Å²) >= 11 is 0. The Hall–Kier alpha value is -1.00. The number of hydrogen-bond donors (Lipinski definition) is 1. The maximum atomic E-state index is 13.2. The lowest BCUT2D eigenvalue weighted by atomic mass is 10.1. The van der Waals surface area contributed by atoms with E-state index in [4.69, 9.17) is 0 Å². The summed E-state index contributed by atoms with van der Waals surface area (Å²) in [4.78, 5) is 1.76. The molecule has 0 bridgehead atoms. The van der Waals surface area contributed by atoms with Gasteiger partial charge in [0.15, 0.2) is 0 Å². The number of rotatable bonds is 2. The monoisotopic (exact) mass is 226 g/mol. The smallest absolute Gasteiger partial charge is 0.140 e. The largest absolute Gasteiger partial charge is 0.389 e. The molecule has 2 nitrogen and oxygen atoms in total. The summed E-state index contributed by atoms with van der Waals surface area (Å²) in [7, 11) is 0. The van der Waals surface area contributed by atoms with E-state index >= 15 is 0 Å². The maximum Gasteiger partial charge on any atom is 0.140 e. The van der Waals surface area contributed by atoms with E-state index in [2.05, 4.69) is 6.92 Å². The topological polar surface area (TPSA) is 23.5 Å². The van der Waals surface area contributed by atoms with Crippen molar-refractivity contribution in [3.05, 3.63) is 42.1 Å². The van der Waals surface area contributed by atoms with E-state index in [9.17, 15) is 13.9 Å². The summed E-state index contributed by atoms with van der Waals surface area (Å²) in [5.74, 6) is -0.353. The zero-order valence-corrected chi connectivity index (χ0v) is 8.87. The zero-order chi connectivity index (χ0) is 11.7. The molecule has 87 valence electrons. The molecule has 1 radical (unpaired) electrons. The molecule has 1 saturated heterocycles. The Morgan fingerprint density at radius 3 is 2.81 bits per heavy atom. The van der Waals surface area contributed by atoms with Gasteiger partial charge in [-0.25, -0.2) is 8.78 Å². The number of likely N-dealkylation sites (tertiary alicyclic amines) is 1. The highest BCUT2D eigenvalue weighted by atomic mass is 19.1. The van der Waals surface area contributed by atoms with Gasteiger partial charge in [-0.1, -0.05) is 12.1 Å². The van der Waals surface area contributed by atoms with Crippen LogP contribution in [0.5, 0.6) is 0 Å². The van der Waals surface area contributed by atoms with Crippen LogP contribution in [0.25, 0.3) is 0 Å². The Morgan fingerprint density at radius 1 is 1.44 bits per heavy atom. The van der Waals surface area contributed by atoms with E-state index in [1.807, 2.05) is 0 Å². The van der Waals surface area contributed by atoms with Crippen molar-refractivity contribution in [2.45, 2.75) is 18.8 Å². The highest BCUT2D eigenvalue weighted by Crippen LogP contribution is 2.19. The number of aliphatic hydroxyl groups is 1. The third-order valence-corrected chi connectivity index (χ3v) is 2.91. The molecule has 0 aromatic heterocycles. The summed E-state index contributed by atoms with van der Waals surface area (Å²) in [6.45, 7) is 4.55. The average molecular weight is 226 g/mol. The van der Waals surface area contributed by atoms with Gasteiger partial charge in [0, 0.05) is 19.6 Å². The quantitative estimate of drug-likeness (QED) is 0.826. The zero-order valence-electron chi connectivity index (χ0n) is 8.87. The lowest BCUT2D eigenvalue weighted by Crippen LogP contribution is -2.22. The number of benzene rings is 1. The van der Waals surface area contributed by atoms with E-state index < -0.39 is 12.3 Å². The van der Waals surface area contributed by atoms with Gasteiger partial charge in [0.2, 0.25) is 0 Å². The second kappa shape index (κ2) is 4.47. The molecule has 0 aliphatic carbocycles. The molecule has 1 heterocycles. The van der Waals surface area contributed by atoms with E-state index in [-0.39, 0.29) is 18.9 Å². The Labute approximate surface area is 93.5 Å². The third kappa shape index (κ3) is 2.23. The minimum atomic E-state index is -1.21. The Morgan fingerprint density at radius 2 is 2.19 bits per heavy atom. The second-order valence-electron chi connectivity index (χ2n) is 4.15. The molecular formula is C12H14F2NO. The SMILES string of the molecule is [CH2]c1c(F)cccc1CN1C[C@@H](O)[C@H](F)C1. The number of β-amino-alcohol motifs (C(OH)–C–C–N with tert-alkyl or cyclic N) is 1. The summed E-state index contributed by atoms with van der Waals surface area (Å²) in [6.07, 6.45) is -2.14. The van der Waals surface area contributed by atoms with E-state index in [0.29, 0.717) is 12.1 Å². The van der Waals surface area contributed by atoms with Gasteiger partial charge in [-0.05, 0) is 24.1 Å². The number of alkyl halides is 1. The molecule has 4 heteroatoms. The van der Waals surface area contributed by atoms with Crippen molar-refractivity contribution < 1.29 is 13.9 Å². The van der Waals surface area contributed by atoms with Crippen molar-refractivity contribution in [3.8, 4) is 0 Å². The third-order valence-electron chi connectivity index (χ3n) is 2.91. The summed E-state index contributed by atoms with van der Waals surface area (Å²) in [5.41, 5.74) is 1.08. The first-order valence-electron chi connectivity index (χ1n) is 5.22. The van der Waals surface area contributed by atoms with Crippen LogP contribution in [0.2, 0.25) is 0 Å². The van der Waals surface area contributed by atoms with Gasteiger partial charge in [-0.2, -0.15) is 0 Å². The molecule has 0 amide bonds. The molecule has 1 aromatic carbocycles. The van der Waals surface area contributed by atoms with Gasteiger partial charge in [0.1, 0.15) is 12.0 Å². The molecule has 1 aromatic rings. The first kappa shape index (κ1) is 11.5. The molecule has 1 N–H and O–H groups in total. The normalized spacial score (nSPS) is 26.2. The number of hydrogen-bond acceptors (Lipinski definition) is 2. The van der Waals surface area contributed by atoms with Crippen molar-refractivity contribution in [2.24, 2.45) is 0 Å². The predicted molar refractivity (Wildman–Crippen MR) is 57.0 cm³/mol. The molecule has 0 spiro atoms. The van der Waals surface area contributed by atoms with Gasteiger partial charge < -0.3 is 5.11 Å². The van der Waals surface area contributed by atoms with E-state index in [1.165, 1.54) is 6.07 Å². The standard InChI is InChI=1S/C12H14F2NO/c1-8-9(3-2-4-10(8)13)5-15-6-11(14)12(16)7-15/h2-4,11-12,16H,1,5-7H2/t11-,12-/m1/s1. The van der Waals surface area contributed by atoms with Crippen LogP contribution in [0.15, 0.2) is 18.2 Å². The molecule has 16 heavy (non-hydrogen) atoms. The number of nitrogens with zero attached hydrogens (tertiary/aromatic N) is 1. The Kier molecular flexibility index (Phi) is 3.21. The van der Waals surface area contributed by atoms with Crippen molar-refractivity contribution in [3.63, 3.8) is 0 Å². The summed E-state index contributed by atoms with van der Waals surface area (Å²) in [5, 5.41) is 9.26. The van der Waals surface area contributed by atoms with E-state index in [1.54, 1.807) is 17.0 Å². The van der Waals surface area contributed by atoms with Crippen LogP contribution in [-0.4, -0.2) is 35.4 Å². The fourth-order valence-electron chi connectivity index (χ4n) is 1.94. The van der Waals surface area contributed by atoms with Gasteiger partial charge in [0.05, 0.1) is 6.10 Å². The van der Waals surface area contributed by atoms with Crippen LogP contribution in [0.4, 0.5) is 8.78 Å². The highest BCUT2D eigenvalue weighted by Gasteiger charge is 2.31. The first-order valence-corrected chi connectivity index (χ1v) is 5.22. The van der Waals surface area contributed by atoms with Crippen molar-refractivity contribution in [1.29, 1.82) is 0 Å². The first-order chi connectivity index (χ1) is 7.58. The minimum absolute atomic E-state index is 0.192. The molecular weight excluding hydrogens is 212 g/mol. The minimum Gasteiger partial charge on any atom is -0.389 e. The summed E-state index contributed by atoms with van der Waals surface area (Å²) < 4.78 is 26.3. The van der Waals surface area contributed by atoms with Crippen LogP contribution in [0, 0.1) is 12.7 Å². The predicted octanol–water partition coefficient (Wildman–Crippen LogP) is 1.52. The van der Waals surface area contributed by atoms with Crippen molar-refractivity contribution in [2.75, 3.05) is 13.1 Å². The van der Waals surface area contributed by atoms with Crippen LogP contribution in [-0.2, 0) is 6.54 Å². The number of halogens is 2. The maximum absolute atomic E-state index is 13.2. The molecule has 2 atom stereocenters. The van der Waals surface area contributed by atoms with Crippen molar-refractivity contribution in [1.82, 2.24) is 4.90 Å². The van der Waals surface area contributed by atoms with Gasteiger partial charge in [0.25, 0.3) is 0 Å². The fourth-order valence-corrected chi connectivity index (χ4v) is 1.94. The van der Waals surface area contributed by atoms with Gasteiger partial charge >= 0.3 is 0 Å². The highest BCUT2D eigenvalue weighted by molar-refractivity contribution is 5.30. The second-order valence-corrected chi connectivity index (χ2v) is 4.15. The van der Waals surface area contributed by atoms with E-state index in [0.717, 1.165) is 5.56 Å². The number of aliphatic hydroxyl groups excluding tert-OH is 1. The van der Waals surface area contributed by atoms with Crippen LogP contribution >= 0.6 is 0 Å². The Balaban J connectivity index is 2.08. The summed E-state index contributed by atoms with van der Waals surface area (Å²) in [6, 6.07) is 4.73. The molecule has 1 aliphatic rings.